The highest BCUT2D eigenvalue weighted by Gasteiger charge is 2.21. The molecule has 2 N–H and O–H groups in total. The predicted molar refractivity (Wildman–Crippen MR) is 93.8 cm³/mol. The third-order valence-corrected chi connectivity index (χ3v) is 4.09. The quantitative estimate of drug-likeness (QED) is 0.786. The minimum absolute atomic E-state index is 0.0147. The van der Waals surface area contributed by atoms with Crippen molar-refractivity contribution in [3.63, 3.8) is 0 Å². The van der Waals surface area contributed by atoms with Crippen molar-refractivity contribution in [2.24, 2.45) is 11.3 Å². The molecule has 0 fully saturated rings. The van der Waals surface area contributed by atoms with Crippen LogP contribution < -0.4 is 15.4 Å². The molecule has 5 nitrogen and oxygen atoms in total. The van der Waals surface area contributed by atoms with Crippen molar-refractivity contribution in [2.75, 3.05) is 19.7 Å². The van der Waals surface area contributed by atoms with Gasteiger partial charge in [-0.1, -0.05) is 39.0 Å². The number of carbonyl (C=O) groups excluding carboxylic acids is 2. The second kappa shape index (κ2) is 8.18. The van der Waals surface area contributed by atoms with E-state index in [4.69, 9.17) is 4.74 Å². The lowest BCUT2D eigenvalue weighted by atomic mass is 9.96. The van der Waals surface area contributed by atoms with E-state index < -0.39 is 0 Å². The van der Waals surface area contributed by atoms with Crippen LogP contribution >= 0.6 is 0 Å². The predicted octanol–water partition coefficient (Wildman–Crippen LogP) is 2.30. The Balaban J connectivity index is 1.61. The molecule has 132 valence electrons. The Morgan fingerprint density at radius 1 is 1.21 bits per heavy atom. The first-order chi connectivity index (χ1) is 11.4. The Morgan fingerprint density at radius 3 is 2.71 bits per heavy atom. The third-order valence-electron chi connectivity index (χ3n) is 4.09. The van der Waals surface area contributed by atoms with Crippen LogP contribution in [-0.4, -0.2) is 31.5 Å². The number of para-hydroxylation sites is 1. The van der Waals surface area contributed by atoms with Gasteiger partial charge in [0.05, 0.1) is 6.61 Å². The zero-order valence-electron chi connectivity index (χ0n) is 14.9. The van der Waals surface area contributed by atoms with E-state index in [1.54, 1.807) is 0 Å². The van der Waals surface area contributed by atoms with E-state index in [-0.39, 0.29) is 17.2 Å². The van der Waals surface area contributed by atoms with Crippen molar-refractivity contribution in [2.45, 2.75) is 40.0 Å². The summed E-state index contributed by atoms with van der Waals surface area (Å²) in [6.07, 6.45) is 2.00. The maximum Gasteiger partial charge on any atom is 0.225 e. The number of fused-ring (bicyclic) bond motifs is 1. The molecule has 0 bridgehead atoms. The van der Waals surface area contributed by atoms with Gasteiger partial charge in [-0.2, -0.15) is 0 Å². The van der Waals surface area contributed by atoms with Gasteiger partial charge in [-0.25, -0.2) is 0 Å². The first-order valence-corrected chi connectivity index (χ1v) is 8.62. The van der Waals surface area contributed by atoms with E-state index in [1.165, 1.54) is 5.56 Å². The van der Waals surface area contributed by atoms with Crippen LogP contribution in [0.3, 0.4) is 0 Å². The number of hydrogen-bond donors (Lipinski definition) is 2. The summed E-state index contributed by atoms with van der Waals surface area (Å²) < 4.78 is 5.73. The van der Waals surface area contributed by atoms with Crippen LogP contribution in [0, 0.1) is 11.3 Å². The normalized spacial score (nSPS) is 16.7. The molecule has 1 heterocycles. The van der Waals surface area contributed by atoms with Gasteiger partial charge in [-0.3, -0.25) is 9.59 Å². The Morgan fingerprint density at radius 2 is 1.96 bits per heavy atom. The highest BCUT2D eigenvalue weighted by molar-refractivity contribution is 5.81. The zero-order chi connectivity index (χ0) is 17.6. The fourth-order valence-corrected chi connectivity index (χ4v) is 2.58. The van der Waals surface area contributed by atoms with Crippen molar-refractivity contribution < 1.29 is 14.3 Å². The summed E-state index contributed by atoms with van der Waals surface area (Å²) in [6.45, 7) is 7.42. The molecule has 2 amide bonds. The number of benzene rings is 1. The first-order valence-electron chi connectivity index (χ1n) is 8.62. The molecule has 24 heavy (non-hydrogen) atoms. The summed E-state index contributed by atoms with van der Waals surface area (Å²) in [7, 11) is 0. The molecule has 1 aliphatic rings. The molecule has 1 atom stereocenters. The lowest BCUT2D eigenvalue weighted by Crippen LogP contribution is -2.37. The third kappa shape index (κ3) is 5.55. The van der Waals surface area contributed by atoms with Crippen LogP contribution in [0.1, 0.15) is 39.2 Å². The van der Waals surface area contributed by atoms with E-state index in [2.05, 4.69) is 16.7 Å². The lowest BCUT2D eigenvalue weighted by molar-refractivity contribution is -0.128. The second-order valence-corrected chi connectivity index (χ2v) is 7.40. The SMILES string of the molecule is CC(C)(C)C(=O)NCCCC(=O)NCC1COc2ccccc2C1. The fourth-order valence-electron chi connectivity index (χ4n) is 2.58. The summed E-state index contributed by atoms with van der Waals surface area (Å²) in [5.74, 6) is 1.30. The molecule has 0 aliphatic carbocycles. The van der Waals surface area contributed by atoms with Crippen LogP contribution in [0.2, 0.25) is 0 Å². The van der Waals surface area contributed by atoms with E-state index >= 15 is 0 Å². The van der Waals surface area contributed by atoms with Crippen molar-refractivity contribution in [1.29, 1.82) is 0 Å². The molecular formula is C19H28N2O3. The van der Waals surface area contributed by atoms with E-state index in [1.807, 2.05) is 39.0 Å². The average Bonchev–Trinajstić information content (AvgIpc) is 2.55. The van der Waals surface area contributed by atoms with Gasteiger partial charge in [-0.05, 0) is 24.5 Å². The monoisotopic (exact) mass is 332 g/mol. The van der Waals surface area contributed by atoms with Crippen molar-refractivity contribution in [1.82, 2.24) is 10.6 Å². The molecule has 1 aromatic rings. The van der Waals surface area contributed by atoms with Gasteiger partial charge in [-0.15, -0.1) is 0 Å². The summed E-state index contributed by atoms with van der Waals surface area (Å²) >= 11 is 0. The summed E-state index contributed by atoms with van der Waals surface area (Å²) in [5.41, 5.74) is 0.812. The summed E-state index contributed by atoms with van der Waals surface area (Å²) in [6, 6.07) is 8.03. The molecule has 1 aromatic carbocycles. The lowest BCUT2D eigenvalue weighted by Gasteiger charge is -2.25. The van der Waals surface area contributed by atoms with Gasteiger partial charge >= 0.3 is 0 Å². The van der Waals surface area contributed by atoms with Crippen LogP contribution in [0.5, 0.6) is 5.75 Å². The summed E-state index contributed by atoms with van der Waals surface area (Å²) in [5, 5.41) is 5.83. The van der Waals surface area contributed by atoms with Crippen LogP contribution in [0.25, 0.3) is 0 Å². The summed E-state index contributed by atoms with van der Waals surface area (Å²) in [4.78, 5) is 23.6. The van der Waals surface area contributed by atoms with E-state index in [0.717, 1.165) is 12.2 Å². The highest BCUT2D eigenvalue weighted by Crippen LogP contribution is 2.26. The minimum atomic E-state index is -0.389. The molecule has 0 saturated heterocycles. The Labute approximate surface area is 144 Å². The van der Waals surface area contributed by atoms with Crippen molar-refractivity contribution in [3.8, 4) is 5.75 Å². The molecule has 0 spiro atoms. The molecule has 5 heteroatoms. The van der Waals surface area contributed by atoms with Crippen molar-refractivity contribution in [3.05, 3.63) is 29.8 Å². The largest absolute Gasteiger partial charge is 0.493 e. The Bertz CT molecular complexity index is 578. The average molecular weight is 332 g/mol. The topological polar surface area (TPSA) is 67.4 Å². The van der Waals surface area contributed by atoms with E-state index in [9.17, 15) is 9.59 Å². The molecule has 0 aromatic heterocycles. The van der Waals surface area contributed by atoms with E-state index in [0.29, 0.717) is 38.5 Å². The number of carbonyl (C=O) groups is 2. The molecule has 1 unspecified atom stereocenters. The maximum absolute atomic E-state index is 11.9. The maximum atomic E-state index is 11.9. The van der Waals surface area contributed by atoms with Gasteiger partial charge in [0.1, 0.15) is 5.75 Å². The van der Waals surface area contributed by atoms with Crippen molar-refractivity contribution >= 4 is 11.8 Å². The minimum Gasteiger partial charge on any atom is -0.493 e. The van der Waals surface area contributed by atoms with Gasteiger partial charge in [0.2, 0.25) is 11.8 Å². The van der Waals surface area contributed by atoms with Gasteiger partial charge < -0.3 is 15.4 Å². The number of ether oxygens (including phenoxy) is 1. The Kier molecular flexibility index (Phi) is 6.23. The fraction of sp³-hybridized carbons (Fsp3) is 0.579. The second-order valence-electron chi connectivity index (χ2n) is 7.40. The molecule has 0 radical (unpaired) electrons. The zero-order valence-corrected chi connectivity index (χ0v) is 14.9. The van der Waals surface area contributed by atoms with Gasteiger partial charge in [0.25, 0.3) is 0 Å². The number of rotatable bonds is 6. The number of hydrogen-bond acceptors (Lipinski definition) is 3. The van der Waals surface area contributed by atoms with Gasteiger partial charge in [0.15, 0.2) is 0 Å². The number of amides is 2. The van der Waals surface area contributed by atoms with Crippen LogP contribution in [0.4, 0.5) is 0 Å². The Hall–Kier alpha value is -2.04. The molecule has 1 aliphatic heterocycles. The molecule has 2 rings (SSSR count). The highest BCUT2D eigenvalue weighted by atomic mass is 16.5. The van der Waals surface area contributed by atoms with Crippen LogP contribution in [0.15, 0.2) is 24.3 Å². The smallest absolute Gasteiger partial charge is 0.225 e. The van der Waals surface area contributed by atoms with Gasteiger partial charge in [0, 0.05) is 30.8 Å². The number of nitrogens with one attached hydrogen (secondary N) is 2. The van der Waals surface area contributed by atoms with Crippen LogP contribution in [-0.2, 0) is 16.0 Å². The molecular weight excluding hydrogens is 304 g/mol. The first kappa shape index (κ1) is 18.3. The standard InChI is InChI=1S/C19H28N2O3/c1-19(2,3)18(23)20-10-6-9-17(22)21-12-14-11-15-7-4-5-8-16(15)24-13-14/h4-5,7-8,14H,6,9-13H2,1-3H3,(H,20,23)(H,21,22). The molecule has 0 saturated carbocycles.